The van der Waals surface area contributed by atoms with E-state index in [1.807, 2.05) is 6.92 Å². The topological polar surface area (TPSA) is 58.2 Å². The first-order chi connectivity index (χ1) is 7.94. The van der Waals surface area contributed by atoms with Crippen LogP contribution in [-0.4, -0.2) is 27.8 Å². The molecule has 0 saturated carbocycles. The van der Waals surface area contributed by atoms with Crippen LogP contribution in [-0.2, 0) is 16.6 Å². The van der Waals surface area contributed by atoms with Crippen molar-refractivity contribution in [3.63, 3.8) is 0 Å². The van der Waals surface area contributed by atoms with Gasteiger partial charge in [0.2, 0.25) is 10.0 Å². The maximum absolute atomic E-state index is 13.3. The fraction of sp³-hybridized carbons (Fsp3) is 0.455. The molecule has 0 aliphatic rings. The highest BCUT2D eigenvalue weighted by molar-refractivity contribution is 7.89. The third-order valence-corrected chi connectivity index (χ3v) is 3.74. The molecule has 0 radical (unpaired) electrons. The zero-order valence-corrected chi connectivity index (χ0v) is 10.8. The Balaban J connectivity index is 2.44. The van der Waals surface area contributed by atoms with Crippen molar-refractivity contribution < 1.29 is 12.8 Å². The van der Waals surface area contributed by atoms with Gasteiger partial charge in [-0.15, -0.1) is 0 Å². The van der Waals surface area contributed by atoms with E-state index >= 15 is 0 Å². The molecule has 0 amide bonds. The third-order valence-electron chi connectivity index (χ3n) is 2.38. The normalized spacial score (nSPS) is 11.7. The van der Waals surface area contributed by atoms with Crippen LogP contribution < -0.4 is 10.0 Å². The van der Waals surface area contributed by atoms with Gasteiger partial charge in [-0.3, -0.25) is 0 Å². The Labute approximate surface area is 101 Å². The molecule has 0 fully saturated rings. The first-order valence-corrected chi connectivity index (χ1v) is 6.97. The highest BCUT2D eigenvalue weighted by atomic mass is 32.2. The minimum atomic E-state index is -3.20. The van der Waals surface area contributed by atoms with Crippen LogP contribution in [0.4, 0.5) is 4.39 Å². The number of sulfonamides is 1. The number of aryl methyl sites for hydroxylation is 1. The highest BCUT2D eigenvalue weighted by Gasteiger charge is 2.06. The summed E-state index contributed by atoms with van der Waals surface area (Å²) in [4.78, 5) is 0. The second-order valence-electron chi connectivity index (χ2n) is 3.79. The van der Waals surface area contributed by atoms with Gasteiger partial charge in [0.15, 0.2) is 0 Å². The first kappa shape index (κ1) is 14.1. The predicted octanol–water partition coefficient (Wildman–Crippen LogP) is 0.773. The minimum Gasteiger partial charge on any atom is -0.312 e. The summed E-state index contributed by atoms with van der Waals surface area (Å²) in [7, 11) is -1.83. The summed E-state index contributed by atoms with van der Waals surface area (Å²) >= 11 is 0. The second-order valence-corrected chi connectivity index (χ2v) is 5.84. The molecule has 1 aromatic carbocycles. The lowest BCUT2D eigenvalue weighted by Crippen LogP contribution is -2.29. The largest absolute Gasteiger partial charge is 0.312 e. The Morgan fingerprint density at radius 1 is 1.35 bits per heavy atom. The number of rotatable bonds is 6. The smallest absolute Gasteiger partial charge is 0.212 e. The lowest BCUT2D eigenvalue weighted by atomic mass is 10.1. The molecule has 96 valence electrons. The van der Waals surface area contributed by atoms with Crippen molar-refractivity contribution >= 4 is 10.0 Å². The van der Waals surface area contributed by atoms with E-state index in [0.717, 1.165) is 5.56 Å². The van der Waals surface area contributed by atoms with Crippen molar-refractivity contribution in [2.24, 2.45) is 0 Å². The Kier molecular flexibility index (Phi) is 5.04. The number of halogens is 1. The maximum Gasteiger partial charge on any atom is 0.212 e. The Hall–Kier alpha value is -0.980. The molecule has 0 bridgehead atoms. The molecule has 0 aliphatic carbocycles. The summed E-state index contributed by atoms with van der Waals surface area (Å²) in [6.07, 6.45) is 0. The molecule has 0 saturated heterocycles. The fourth-order valence-electron chi connectivity index (χ4n) is 1.37. The summed E-state index contributed by atoms with van der Waals surface area (Å²) < 4.78 is 37.8. The fourth-order valence-corrected chi connectivity index (χ4v) is 1.99. The summed E-state index contributed by atoms with van der Waals surface area (Å²) in [5.74, 6) is -0.295. The molecule has 0 heterocycles. The molecule has 2 N–H and O–H groups in total. The van der Waals surface area contributed by atoms with Gasteiger partial charge < -0.3 is 5.32 Å². The van der Waals surface area contributed by atoms with Gasteiger partial charge in [-0.05, 0) is 20.0 Å². The molecule has 4 nitrogen and oxygen atoms in total. The van der Waals surface area contributed by atoms with Crippen LogP contribution in [0, 0.1) is 12.7 Å². The highest BCUT2D eigenvalue weighted by Crippen LogP contribution is 2.09. The number of hydrogen-bond acceptors (Lipinski definition) is 3. The summed E-state index contributed by atoms with van der Waals surface area (Å²) in [5.41, 5.74) is 1.53. The van der Waals surface area contributed by atoms with E-state index in [-0.39, 0.29) is 18.1 Å². The van der Waals surface area contributed by atoms with E-state index < -0.39 is 10.0 Å². The molecule has 0 atom stereocenters. The molecule has 1 aromatic rings. The van der Waals surface area contributed by atoms with Gasteiger partial charge in [0.05, 0.1) is 5.75 Å². The van der Waals surface area contributed by atoms with Crippen LogP contribution in [0.5, 0.6) is 0 Å². The quantitative estimate of drug-likeness (QED) is 0.743. The maximum atomic E-state index is 13.3. The van der Waals surface area contributed by atoms with Gasteiger partial charge in [0, 0.05) is 18.7 Å². The van der Waals surface area contributed by atoms with Gasteiger partial charge in [-0.2, -0.15) is 0 Å². The van der Waals surface area contributed by atoms with Gasteiger partial charge >= 0.3 is 0 Å². The predicted molar refractivity (Wildman–Crippen MR) is 65.7 cm³/mol. The minimum absolute atomic E-state index is 0.0169. The van der Waals surface area contributed by atoms with E-state index in [1.165, 1.54) is 13.1 Å². The third kappa shape index (κ3) is 4.80. The van der Waals surface area contributed by atoms with Crippen molar-refractivity contribution in [1.29, 1.82) is 0 Å². The SMILES string of the molecule is CNS(=O)(=O)CCNCc1cc(C)ccc1F. The molecular weight excluding hydrogens is 243 g/mol. The lowest BCUT2D eigenvalue weighted by Gasteiger charge is -2.07. The Morgan fingerprint density at radius 3 is 2.71 bits per heavy atom. The number of benzene rings is 1. The summed E-state index contributed by atoms with van der Waals surface area (Å²) in [6.45, 7) is 2.50. The van der Waals surface area contributed by atoms with Gasteiger partial charge in [-0.25, -0.2) is 17.5 Å². The van der Waals surface area contributed by atoms with Crippen LogP contribution in [0.3, 0.4) is 0 Å². The molecule has 0 unspecified atom stereocenters. The van der Waals surface area contributed by atoms with Crippen molar-refractivity contribution in [2.75, 3.05) is 19.3 Å². The average Bonchev–Trinajstić information content (AvgIpc) is 2.29. The standard InChI is InChI=1S/C11H17FN2O2S/c1-9-3-4-11(12)10(7-9)8-14-5-6-17(15,16)13-2/h3-4,7,13-14H,5-6,8H2,1-2H3. The van der Waals surface area contributed by atoms with Crippen molar-refractivity contribution in [3.05, 3.63) is 35.1 Å². The molecular formula is C11H17FN2O2S. The van der Waals surface area contributed by atoms with Crippen molar-refractivity contribution in [2.45, 2.75) is 13.5 Å². The van der Waals surface area contributed by atoms with Crippen LogP contribution >= 0.6 is 0 Å². The molecule has 1 rings (SSSR count). The zero-order chi connectivity index (χ0) is 12.9. The van der Waals surface area contributed by atoms with Crippen LogP contribution in [0.2, 0.25) is 0 Å². The van der Waals surface area contributed by atoms with E-state index in [4.69, 9.17) is 0 Å². The van der Waals surface area contributed by atoms with Crippen LogP contribution in [0.1, 0.15) is 11.1 Å². The van der Waals surface area contributed by atoms with Gasteiger partial charge in [0.1, 0.15) is 5.82 Å². The zero-order valence-electron chi connectivity index (χ0n) is 9.96. The average molecular weight is 260 g/mol. The summed E-state index contributed by atoms with van der Waals surface area (Å²) in [6, 6.07) is 4.86. The Morgan fingerprint density at radius 2 is 2.06 bits per heavy atom. The monoisotopic (exact) mass is 260 g/mol. The molecule has 0 aromatic heterocycles. The van der Waals surface area contributed by atoms with Crippen molar-refractivity contribution in [1.82, 2.24) is 10.0 Å². The van der Waals surface area contributed by atoms with E-state index in [0.29, 0.717) is 12.1 Å². The van der Waals surface area contributed by atoms with Crippen molar-refractivity contribution in [3.8, 4) is 0 Å². The van der Waals surface area contributed by atoms with Crippen LogP contribution in [0.25, 0.3) is 0 Å². The van der Waals surface area contributed by atoms with E-state index in [9.17, 15) is 12.8 Å². The molecule has 0 spiro atoms. The Bertz CT molecular complexity index is 474. The molecule has 0 aliphatic heterocycles. The second kappa shape index (κ2) is 6.09. The number of hydrogen-bond donors (Lipinski definition) is 2. The molecule has 6 heteroatoms. The van der Waals surface area contributed by atoms with E-state index in [1.54, 1.807) is 12.1 Å². The number of nitrogens with one attached hydrogen (secondary N) is 2. The first-order valence-electron chi connectivity index (χ1n) is 5.31. The molecule has 17 heavy (non-hydrogen) atoms. The van der Waals surface area contributed by atoms with Crippen LogP contribution in [0.15, 0.2) is 18.2 Å². The summed E-state index contributed by atoms with van der Waals surface area (Å²) in [5, 5.41) is 2.90. The van der Waals surface area contributed by atoms with E-state index in [2.05, 4.69) is 10.0 Å². The van der Waals surface area contributed by atoms with Gasteiger partial charge in [-0.1, -0.05) is 17.7 Å². The van der Waals surface area contributed by atoms with Gasteiger partial charge in [0.25, 0.3) is 0 Å². The lowest BCUT2D eigenvalue weighted by molar-refractivity contribution is 0.577.